The van der Waals surface area contributed by atoms with Crippen LogP contribution in [-0.2, 0) is 0 Å². The molecule has 0 unspecified atom stereocenters. The van der Waals surface area contributed by atoms with Crippen LogP contribution in [0.25, 0.3) is 0 Å². The molecule has 64 valence electrons. The molecule has 0 amide bonds. The standard InChI is InChI=1S/C10H10BrI/c11-9-3-1-7(2-4-9)8-5-10(12)6-8/h1-4,8,10H,5-6H2. The lowest BCUT2D eigenvalue weighted by molar-refractivity contribution is 0.450. The molecule has 12 heavy (non-hydrogen) atoms. The summed E-state index contributed by atoms with van der Waals surface area (Å²) in [6, 6.07) is 8.74. The van der Waals surface area contributed by atoms with Crippen molar-refractivity contribution in [2.24, 2.45) is 0 Å². The van der Waals surface area contributed by atoms with Crippen LogP contribution in [0.2, 0.25) is 0 Å². The van der Waals surface area contributed by atoms with E-state index in [4.69, 9.17) is 0 Å². The average molecular weight is 337 g/mol. The second-order valence-corrected chi connectivity index (χ2v) is 5.99. The highest BCUT2D eigenvalue weighted by atomic mass is 127. The van der Waals surface area contributed by atoms with Gasteiger partial charge in [-0.3, -0.25) is 0 Å². The molecule has 0 atom stereocenters. The Balaban J connectivity index is 2.09. The van der Waals surface area contributed by atoms with E-state index in [0.29, 0.717) is 0 Å². The maximum atomic E-state index is 3.44. The van der Waals surface area contributed by atoms with E-state index in [9.17, 15) is 0 Å². The summed E-state index contributed by atoms with van der Waals surface area (Å²) >= 11 is 5.98. The van der Waals surface area contributed by atoms with E-state index >= 15 is 0 Å². The number of benzene rings is 1. The van der Waals surface area contributed by atoms with Crippen LogP contribution in [0, 0.1) is 0 Å². The summed E-state index contributed by atoms with van der Waals surface area (Å²) < 4.78 is 2.09. The Morgan fingerprint density at radius 2 is 1.75 bits per heavy atom. The van der Waals surface area contributed by atoms with Crippen LogP contribution in [0.4, 0.5) is 0 Å². The summed E-state index contributed by atoms with van der Waals surface area (Å²) in [7, 11) is 0. The first-order chi connectivity index (χ1) is 5.75. The molecule has 0 saturated heterocycles. The van der Waals surface area contributed by atoms with Gasteiger partial charge in [-0.05, 0) is 36.5 Å². The third-order valence-corrected chi connectivity index (χ3v) is 3.97. The highest BCUT2D eigenvalue weighted by Crippen LogP contribution is 2.41. The quantitative estimate of drug-likeness (QED) is 0.534. The van der Waals surface area contributed by atoms with Crippen LogP contribution >= 0.6 is 38.5 Å². The van der Waals surface area contributed by atoms with Gasteiger partial charge in [0.15, 0.2) is 0 Å². The van der Waals surface area contributed by atoms with Gasteiger partial charge in [0.2, 0.25) is 0 Å². The van der Waals surface area contributed by atoms with Gasteiger partial charge in [0.1, 0.15) is 0 Å². The predicted molar refractivity (Wildman–Crippen MR) is 63.9 cm³/mol. The van der Waals surface area contributed by atoms with Gasteiger partial charge < -0.3 is 0 Å². The zero-order valence-electron chi connectivity index (χ0n) is 6.63. The molecule has 1 aromatic carbocycles. The average Bonchev–Trinajstić information content (AvgIpc) is 2.01. The molecule has 0 aliphatic heterocycles. The van der Waals surface area contributed by atoms with E-state index < -0.39 is 0 Å². The van der Waals surface area contributed by atoms with Crippen molar-refractivity contribution in [3.05, 3.63) is 34.3 Å². The number of hydrogen-bond donors (Lipinski definition) is 0. The molecule has 0 nitrogen and oxygen atoms in total. The maximum Gasteiger partial charge on any atom is 0.0175 e. The van der Waals surface area contributed by atoms with Crippen LogP contribution in [0.1, 0.15) is 24.3 Å². The van der Waals surface area contributed by atoms with Crippen LogP contribution in [0.5, 0.6) is 0 Å². The van der Waals surface area contributed by atoms with Gasteiger partial charge in [-0.2, -0.15) is 0 Å². The summed E-state index contributed by atoms with van der Waals surface area (Å²) in [4.78, 5) is 0. The SMILES string of the molecule is Brc1ccc(C2CC(I)C2)cc1. The molecule has 0 bridgehead atoms. The topological polar surface area (TPSA) is 0 Å². The van der Waals surface area contributed by atoms with Gasteiger partial charge >= 0.3 is 0 Å². The highest BCUT2D eigenvalue weighted by Gasteiger charge is 2.27. The van der Waals surface area contributed by atoms with Crippen LogP contribution in [0.3, 0.4) is 0 Å². The van der Waals surface area contributed by atoms with Gasteiger partial charge in [-0.1, -0.05) is 50.7 Å². The first-order valence-electron chi connectivity index (χ1n) is 4.15. The van der Waals surface area contributed by atoms with Crippen molar-refractivity contribution >= 4 is 38.5 Å². The van der Waals surface area contributed by atoms with E-state index in [1.165, 1.54) is 22.9 Å². The summed E-state index contributed by atoms with van der Waals surface area (Å²) in [5.74, 6) is 0.833. The zero-order valence-corrected chi connectivity index (χ0v) is 10.4. The number of halogens is 2. The third-order valence-electron chi connectivity index (χ3n) is 2.42. The molecule has 0 spiro atoms. The Morgan fingerprint density at radius 3 is 2.25 bits per heavy atom. The fourth-order valence-electron chi connectivity index (χ4n) is 1.56. The fourth-order valence-corrected chi connectivity index (χ4v) is 3.05. The lowest BCUT2D eigenvalue weighted by Gasteiger charge is -2.31. The monoisotopic (exact) mass is 336 g/mol. The largest absolute Gasteiger partial charge is 0.0826 e. The molecular formula is C10H10BrI. The highest BCUT2D eigenvalue weighted by molar-refractivity contribution is 14.1. The van der Waals surface area contributed by atoms with Gasteiger partial charge in [0.05, 0.1) is 0 Å². The van der Waals surface area contributed by atoms with Crippen molar-refractivity contribution in [2.45, 2.75) is 22.7 Å². The van der Waals surface area contributed by atoms with Gasteiger partial charge in [-0.15, -0.1) is 0 Å². The van der Waals surface area contributed by atoms with E-state index in [0.717, 1.165) is 9.84 Å². The van der Waals surface area contributed by atoms with Gasteiger partial charge in [0, 0.05) is 8.40 Å². The number of hydrogen-bond acceptors (Lipinski definition) is 0. The van der Waals surface area contributed by atoms with Crippen LogP contribution in [0.15, 0.2) is 28.7 Å². The molecule has 1 aliphatic carbocycles. The minimum Gasteiger partial charge on any atom is -0.0826 e. The summed E-state index contributed by atoms with van der Waals surface area (Å²) in [5, 5.41) is 0. The van der Waals surface area contributed by atoms with Gasteiger partial charge in [0.25, 0.3) is 0 Å². The van der Waals surface area contributed by atoms with E-state index in [1.54, 1.807) is 0 Å². The summed E-state index contributed by atoms with van der Waals surface area (Å²) in [6.07, 6.45) is 2.73. The molecule has 0 radical (unpaired) electrons. The normalized spacial score (nSPS) is 28.2. The second-order valence-electron chi connectivity index (χ2n) is 3.32. The van der Waals surface area contributed by atoms with Crippen molar-refractivity contribution in [2.75, 3.05) is 0 Å². The Bertz CT molecular complexity index is 262. The molecule has 2 rings (SSSR count). The van der Waals surface area contributed by atoms with Crippen molar-refractivity contribution in [3.8, 4) is 0 Å². The van der Waals surface area contributed by atoms with E-state index in [-0.39, 0.29) is 0 Å². The smallest absolute Gasteiger partial charge is 0.0175 e. The first kappa shape index (κ1) is 9.00. The molecule has 0 N–H and O–H groups in total. The Morgan fingerprint density at radius 1 is 1.17 bits per heavy atom. The number of alkyl halides is 1. The molecule has 1 aromatic rings. The minimum absolute atomic E-state index is 0.833. The molecule has 2 heteroatoms. The maximum absolute atomic E-state index is 3.44. The summed E-state index contributed by atoms with van der Waals surface area (Å²) in [6.45, 7) is 0. The second kappa shape index (κ2) is 3.66. The van der Waals surface area contributed by atoms with E-state index in [2.05, 4.69) is 62.8 Å². The molecule has 0 heterocycles. The lowest BCUT2D eigenvalue weighted by Crippen LogP contribution is -2.21. The van der Waals surface area contributed by atoms with Crippen molar-refractivity contribution in [1.82, 2.24) is 0 Å². The molecule has 1 fully saturated rings. The van der Waals surface area contributed by atoms with Crippen molar-refractivity contribution in [1.29, 1.82) is 0 Å². The number of rotatable bonds is 1. The van der Waals surface area contributed by atoms with Crippen LogP contribution < -0.4 is 0 Å². The van der Waals surface area contributed by atoms with Crippen molar-refractivity contribution in [3.63, 3.8) is 0 Å². The Hall–Kier alpha value is 0.430. The minimum atomic E-state index is 0.833. The predicted octanol–water partition coefficient (Wildman–Crippen LogP) is 4.13. The lowest BCUT2D eigenvalue weighted by atomic mass is 9.80. The summed E-state index contributed by atoms with van der Waals surface area (Å²) in [5.41, 5.74) is 1.51. The molecular weight excluding hydrogens is 327 g/mol. The molecule has 1 saturated carbocycles. The van der Waals surface area contributed by atoms with Crippen LogP contribution in [-0.4, -0.2) is 3.92 Å². The zero-order chi connectivity index (χ0) is 8.55. The Kier molecular flexibility index (Phi) is 2.75. The van der Waals surface area contributed by atoms with Gasteiger partial charge in [-0.25, -0.2) is 0 Å². The van der Waals surface area contributed by atoms with Crippen molar-refractivity contribution < 1.29 is 0 Å². The molecule has 1 aliphatic rings. The molecule has 0 aromatic heterocycles. The fraction of sp³-hybridized carbons (Fsp3) is 0.400. The van der Waals surface area contributed by atoms with E-state index in [1.807, 2.05) is 0 Å². The third kappa shape index (κ3) is 1.84. The first-order valence-corrected chi connectivity index (χ1v) is 6.19. The Labute approximate surface area is 95.0 Å².